The van der Waals surface area contributed by atoms with Gasteiger partial charge in [0.2, 0.25) is 15.9 Å². The molecule has 1 saturated heterocycles. The van der Waals surface area contributed by atoms with Crippen molar-refractivity contribution < 1.29 is 23.1 Å². The fourth-order valence-corrected chi connectivity index (χ4v) is 7.82. The van der Waals surface area contributed by atoms with Gasteiger partial charge in [0.05, 0.1) is 48.0 Å². The van der Waals surface area contributed by atoms with Gasteiger partial charge in [-0.1, -0.05) is 66.5 Å². The molecule has 1 aliphatic heterocycles. The zero-order valence-corrected chi connectivity index (χ0v) is 26.7. The van der Waals surface area contributed by atoms with E-state index in [-0.39, 0.29) is 42.0 Å². The Morgan fingerprint density at radius 3 is 2.34 bits per heavy atom. The number of nitriles is 1. The van der Waals surface area contributed by atoms with E-state index in [1.807, 2.05) is 30.3 Å². The van der Waals surface area contributed by atoms with Crippen LogP contribution in [0.5, 0.6) is 0 Å². The summed E-state index contributed by atoms with van der Waals surface area (Å²) in [5.74, 6) is -1.84. The van der Waals surface area contributed by atoms with Crippen molar-refractivity contribution in [3.05, 3.63) is 99.5 Å². The van der Waals surface area contributed by atoms with Gasteiger partial charge in [-0.2, -0.15) is 5.26 Å². The predicted molar refractivity (Wildman–Crippen MR) is 170 cm³/mol. The predicted octanol–water partition coefficient (Wildman–Crippen LogP) is 6.65. The number of carbonyl (C=O) groups excluding carboxylic acids is 1. The number of para-hydroxylation sites is 1. The summed E-state index contributed by atoms with van der Waals surface area (Å²) in [5, 5.41) is 20.8. The molecule has 0 spiro atoms. The van der Waals surface area contributed by atoms with Crippen LogP contribution in [0.15, 0.2) is 72.8 Å². The lowest BCUT2D eigenvalue weighted by Crippen LogP contribution is -2.59. The van der Waals surface area contributed by atoms with Crippen molar-refractivity contribution in [2.45, 2.75) is 50.6 Å². The molecule has 1 N–H and O–H groups in total. The molecule has 11 heteroatoms. The maximum absolute atomic E-state index is 14.7. The molecule has 1 heterocycles. The number of halogens is 2. The highest BCUT2D eigenvalue weighted by molar-refractivity contribution is 7.92. The molecule has 0 aromatic heterocycles. The summed E-state index contributed by atoms with van der Waals surface area (Å²) in [4.78, 5) is 28.6. The van der Waals surface area contributed by atoms with Gasteiger partial charge in [0.15, 0.2) is 0 Å². The summed E-state index contributed by atoms with van der Waals surface area (Å²) in [6, 6.07) is 21.9. The van der Waals surface area contributed by atoms with Gasteiger partial charge in [-0.3, -0.25) is 13.9 Å². The summed E-state index contributed by atoms with van der Waals surface area (Å²) in [7, 11) is -3.90. The maximum Gasteiger partial charge on any atom is 0.304 e. The lowest BCUT2D eigenvalue weighted by Gasteiger charge is -2.52. The van der Waals surface area contributed by atoms with Crippen LogP contribution in [0.25, 0.3) is 0 Å². The monoisotopic (exact) mass is 653 g/mol. The van der Waals surface area contributed by atoms with E-state index in [9.17, 15) is 28.4 Å². The van der Waals surface area contributed by atoms with Crippen molar-refractivity contribution in [3.63, 3.8) is 0 Å². The van der Waals surface area contributed by atoms with E-state index in [1.54, 1.807) is 54.3 Å². The van der Waals surface area contributed by atoms with E-state index in [0.717, 1.165) is 30.2 Å². The lowest BCUT2D eigenvalue weighted by atomic mass is 9.67. The van der Waals surface area contributed by atoms with Crippen LogP contribution in [0.1, 0.15) is 61.3 Å². The first-order valence-corrected chi connectivity index (χ1v) is 16.9. The highest BCUT2D eigenvalue weighted by atomic mass is 35.5. The van der Waals surface area contributed by atoms with Gasteiger partial charge in [-0.25, -0.2) is 8.42 Å². The molecule has 2 aliphatic rings. The van der Waals surface area contributed by atoms with Crippen LogP contribution in [0.4, 0.5) is 5.69 Å². The third-order valence-electron chi connectivity index (χ3n) is 8.70. The number of anilines is 1. The van der Waals surface area contributed by atoms with Crippen LogP contribution < -0.4 is 4.31 Å². The van der Waals surface area contributed by atoms with Crippen LogP contribution in [0.3, 0.4) is 0 Å². The van der Waals surface area contributed by atoms with Gasteiger partial charge < -0.3 is 10.0 Å². The van der Waals surface area contributed by atoms with E-state index < -0.39 is 39.9 Å². The number of nitrogens with zero attached hydrogens (tertiary/aromatic N) is 3. The Bertz CT molecular complexity index is 1720. The van der Waals surface area contributed by atoms with Crippen LogP contribution in [0, 0.1) is 22.7 Å². The molecular formula is C33H33Cl2N3O5S. The van der Waals surface area contributed by atoms with E-state index in [4.69, 9.17) is 23.2 Å². The van der Waals surface area contributed by atoms with Gasteiger partial charge in [0.25, 0.3) is 0 Å². The molecule has 1 amide bonds. The minimum atomic E-state index is -3.90. The smallest absolute Gasteiger partial charge is 0.304 e. The SMILES string of the molecule is C[C@]1(CC(=O)O)C[C@H](c2cccc(Cl)c2)C(c2ccc(Cl)cc2)N([C@H](CN(c2ccccc2C#N)S(C)(=O)=O)C2CC2)C1=O. The third-order valence-corrected chi connectivity index (χ3v) is 10.3. The molecule has 3 aromatic carbocycles. The second-order valence-electron chi connectivity index (χ2n) is 12.0. The van der Waals surface area contributed by atoms with E-state index in [1.165, 1.54) is 4.31 Å². The van der Waals surface area contributed by atoms with E-state index in [2.05, 4.69) is 6.07 Å². The molecule has 44 heavy (non-hydrogen) atoms. The van der Waals surface area contributed by atoms with Crippen LogP contribution in [-0.4, -0.2) is 49.1 Å². The van der Waals surface area contributed by atoms with Gasteiger partial charge in [-0.05, 0) is 72.7 Å². The first kappa shape index (κ1) is 31.8. The highest BCUT2D eigenvalue weighted by Crippen LogP contribution is 2.54. The molecule has 1 unspecified atom stereocenters. The van der Waals surface area contributed by atoms with E-state index >= 15 is 0 Å². The zero-order valence-electron chi connectivity index (χ0n) is 24.4. The molecule has 1 aliphatic carbocycles. The first-order chi connectivity index (χ1) is 20.8. The maximum atomic E-state index is 14.7. The highest BCUT2D eigenvalue weighted by Gasteiger charge is 2.55. The molecule has 8 nitrogen and oxygen atoms in total. The van der Waals surface area contributed by atoms with Crippen LogP contribution in [0.2, 0.25) is 10.0 Å². The number of piperidine rings is 1. The third kappa shape index (κ3) is 6.58. The largest absolute Gasteiger partial charge is 0.481 e. The van der Waals surface area contributed by atoms with Crippen molar-refractivity contribution in [1.29, 1.82) is 5.26 Å². The summed E-state index contributed by atoms with van der Waals surface area (Å²) in [6.07, 6.45) is 2.49. The van der Waals surface area contributed by atoms with Crippen LogP contribution >= 0.6 is 23.2 Å². The number of benzene rings is 3. The molecule has 4 atom stereocenters. The second-order valence-corrected chi connectivity index (χ2v) is 14.8. The molecule has 230 valence electrons. The fourth-order valence-electron chi connectivity index (χ4n) is 6.56. The minimum absolute atomic E-state index is 0.0283. The Morgan fingerprint density at radius 1 is 1.07 bits per heavy atom. The summed E-state index contributed by atoms with van der Waals surface area (Å²) >= 11 is 12.7. The molecule has 2 fully saturated rings. The van der Waals surface area contributed by atoms with Gasteiger partial charge >= 0.3 is 5.97 Å². The number of carboxylic acids is 1. The Balaban J connectivity index is 1.72. The molecule has 5 rings (SSSR count). The number of aliphatic carboxylic acids is 1. The second kappa shape index (κ2) is 12.4. The molecular weight excluding hydrogens is 621 g/mol. The quantitative estimate of drug-likeness (QED) is 0.262. The van der Waals surface area contributed by atoms with Crippen molar-refractivity contribution in [2.75, 3.05) is 17.1 Å². The number of sulfonamides is 1. The van der Waals surface area contributed by atoms with Crippen molar-refractivity contribution in [1.82, 2.24) is 4.90 Å². The lowest BCUT2D eigenvalue weighted by molar-refractivity contribution is -0.160. The zero-order chi connectivity index (χ0) is 31.8. The molecule has 1 saturated carbocycles. The van der Waals surface area contributed by atoms with E-state index in [0.29, 0.717) is 10.0 Å². The van der Waals surface area contributed by atoms with Crippen molar-refractivity contribution in [3.8, 4) is 6.07 Å². The Morgan fingerprint density at radius 2 is 1.75 bits per heavy atom. The van der Waals surface area contributed by atoms with Crippen molar-refractivity contribution >= 4 is 50.8 Å². The summed E-state index contributed by atoms with van der Waals surface area (Å²) in [6.45, 7) is 1.58. The summed E-state index contributed by atoms with van der Waals surface area (Å²) < 4.78 is 27.9. The molecule has 0 radical (unpaired) electrons. The normalized spacial score (nSPS) is 22.7. The number of rotatable bonds is 10. The number of likely N-dealkylation sites (tertiary alicyclic amines) is 1. The van der Waals surface area contributed by atoms with Gasteiger partial charge in [-0.15, -0.1) is 0 Å². The topological polar surface area (TPSA) is 119 Å². The van der Waals surface area contributed by atoms with Crippen molar-refractivity contribution in [2.24, 2.45) is 11.3 Å². The number of hydrogen-bond acceptors (Lipinski definition) is 5. The number of carbonyl (C=O) groups is 2. The number of hydrogen-bond donors (Lipinski definition) is 1. The number of carboxylic acid groups (broad SMARTS) is 1. The minimum Gasteiger partial charge on any atom is -0.481 e. The standard InChI is InChI=1S/C33H33Cl2N3O5S/c1-33(18-30(39)40)17-27(23-7-5-8-26(35)16-23)31(22-12-14-25(34)15-13-22)38(32(33)41)29(21-10-11-21)20-37(44(2,42)43)28-9-4-3-6-24(28)19-36/h3-9,12-16,21,27,29,31H,10-11,17-18,20H2,1-2H3,(H,39,40)/t27-,29-,31?,33-/m1/s1. The first-order valence-electron chi connectivity index (χ1n) is 14.3. The van der Waals surface area contributed by atoms with Gasteiger partial charge in [0.1, 0.15) is 6.07 Å². The average molecular weight is 655 g/mol. The van der Waals surface area contributed by atoms with Gasteiger partial charge in [0, 0.05) is 16.0 Å². The Labute approximate surface area is 267 Å². The summed E-state index contributed by atoms with van der Waals surface area (Å²) in [5.41, 5.74) is 0.777. The average Bonchev–Trinajstić information content (AvgIpc) is 3.80. The fraction of sp³-hybridized carbons (Fsp3) is 0.364. The number of amides is 1. The Kier molecular flexibility index (Phi) is 8.99. The Hall–Kier alpha value is -3.58. The molecule has 0 bridgehead atoms. The van der Waals surface area contributed by atoms with Crippen LogP contribution in [-0.2, 0) is 19.6 Å². The molecule has 3 aromatic rings.